The van der Waals surface area contributed by atoms with Crippen LogP contribution in [0.1, 0.15) is 70.5 Å². The molecule has 2 aromatic carbocycles. The normalized spacial score (nSPS) is 17.7. The Morgan fingerprint density at radius 3 is 1.90 bits per heavy atom. The average molecular weight is 414 g/mol. The molecule has 0 amide bonds. The minimum absolute atomic E-state index is 0.0231. The summed E-state index contributed by atoms with van der Waals surface area (Å²) in [5.41, 5.74) is 6.50. The van der Waals surface area contributed by atoms with E-state index in [1.54, 1.807) is 12.1 Å². The van der Waals surface area contributed by atoms with E-state index >= 15 is 0 Å². The third kappa shape index (κ3) is 4.33. The first kappa shape index (κ1) is 22.2. The van der Waals surface area contributed by atoms with Gasteiger partial charge in [-0.3, -0.25) is 0 Å². The smallest absolute Gasteiger partial charge is 0.334 e. The monoisotopic (exact) mass is 413 g/mol. The van der Waals surface area contributed by atoms with E-state index in [9.17, 15) is 13.2 Å². The molecular formula is C26H30F3N. The zero-order chi connectivity index (χ0) is 21.9. The lowest BCUT2D eigenvalue weighted by Crippen LogP contribution is -2.33. The predicted octanol–water partition coefficient (Wildman–Crippen LogP) is 8.46. The van der Waals surface area contributed by atoms with E-state index in [2.05, 4.69) is 44.7 Å². The van der Waals surface area contributed by atoms with E-state index in [0.29, 0.717) is 0 Å². The van der Waals surface area contributed by atoms with Gasteiger partial charge in [-0.2, -0.15) is 13.2 Å². The number of hydrogen-bond donors (Lipinski definition) is 0. The molecule has 0 bridgehead atoms. The first-order valence-electron chi connectivity index (χ1n) is 10.7. The fourth-order valence-corrected chi connectivity index (χ4v) is 4.52. The van der Waals surface area contributed by atoms with Crippen molar-refractivity contribution in [2.24, 2.45) is 0 Å². The van der Waals surface area contributed by atoms with Crippen molar-refractivity contribution in [3.8, 4) is 0 Å². The van der Waals surface area contributed by atoms with Crippen molar-refractivity contribution >= 4 is 5.69 Å². The zero-order valence-corrected chi connectivity index (χ0v) is 18.2. The molecule has 0 saturated carbocycles. The number of anilines is 1. The summed E-state index contributed by atoms with van der Waals surface area (Å²) in [5.74, 6) is 0. The average Bonchev–Trinajstić information content (AvgIpc) is 2.73. The Kier molecular flexibility index (Phi) is 6.74. The van der Waals surface area contributed by atoms with Gasteiger partial charge in [-0.25, -0.2) is 0 Å². The van der Waals surface area contributed by atoms with Crippen LogP contribution in [0.25, 0.3) is 0 Å². The van der Waals surface area contributed by atoms with E-state index in [0.717, 1.165) is 42.6 Å². The second kappa shape index (κ2) is 9.11. The molecule has 4 heteroatoms. The summed E-state index contributed by atoms with van der Waals surface area (Å²) in [6.07, 6.45) is -0.250. The molecular weight excluding hydrogens is 383 g/mol. The highest BCUT2D eigenvalue weighted by Crippen LogP contribution is 2.46. The highest BCUT2D eigenvalue weighted by molar-refractivity contribution is 5.63. The SMILES string of the molecule is CCCC1=C(C)C(c2ccccc2)N(c2ccc(C(F)(F)F)cc2)C(C)=C1CCC. The summed E-state index contributed by atoms with van der Waals surface area (Å²) in [7, 11) is 0. The first-order valence-corrected chi connectivity index (χ1v) is 10.7. The lowest BCUT2D eigenvalue weighted by atomic mass is 9.82. The molecule has 2 aromatic rings. The second-order valence-electron chi connectivity index (χ2n) is 7.95. The summed E-state index contributed by atoms with van der Waals surface area (Å²) in [4.78, 5) is 2.22. The van der Waals surface area contributed by atoms with Gasteiger partial charge in [0.2, 0.25) is 0 Å². The minimum atomic E-state index is -4.33. The first-order chi connectivity index (χ1) is 14.3. The van der Waals surface area contributed by atoms with Gasteiger partial charge in [0.15, 0.2) is 0 Å². The molecule has 1 aliphatic heterocycles. The standard InChI is InChI=1S/C26H30F3N/c1-5-10-23-18(3)25(20-12-8-7-9-13-20)30(19(4)24(23)11-6-2)22-16-14-21(15-17-22)26(27,28)29/h7-9,12-17,25H,5-6,10-11H2,1-4H3. The highest BCUT2D eigenvalue weighted by atomic mass is 19.4. The van der Waals surface area contributed by atoms with Gasteiger partial charge in [0.05, 0.1) is 11.6 Å². The quantitative estimate of drug-likeness (QED) is 0.459. The number of nitrogens with zero attached hydrogens (tertiary/aromatic N) is 1. The number of halogens is 3. The molecule has 1 heterocycles. The molecule has 1 atom stereocenters. The van der Waals surface area contributed by atoms with E-state index < -0.39 is 11.7 Å². The molecule has 0 aromatic heterocycles. The topological polar surface area (TPSA) is 3.24 Å². The van der Waals surface area contributed by atoms with Gasteiger partial charge in [-0.1, -0.05) is 57.0 Å². The molecule has 0 fully saturated rings. The van der Waals surface area contributed by atoms with E-state index in [-0.39, 0.29) is 6.04 Å². The van der Waals surface area contributed by atoms with Crippen LogP contribution in [0.3, 0.4) is 0 Å². The molecule has 1 unspecified atom stereocenters. The van der Waals surface area contributed by atoms with Crippen molar-refractivity contribution in [3.05, 3.63) is 88.1 Å². The fourth-order valence-electron chi connectivity index (χ4n) is 4.52. The molecule has 160 valence electrons. The van der Waals surface area contributed by atoms with Crippen LogP contribution < -0.4 is 4.90 Å². The Morgan fingerprint density at radius 2 is 1.37 bits per heavy atom. The number of allylic oxidation sites excluding steroid dienone is 3. The Bertz CT molecular complexity index is 921. The second-order valence-corrected chi connectivity index (χ2v) is 7.95. The molecule has 3 rings (SSSR count). The molecule has 30 heavy (non-hydrogen) atoms. The van der Waals surface area contributed by atoms with Crippen molar-refractivity contribution in [2.75, 3.05) is 4.90 Å². The summed E-state index contributed by atoms with van der Waals surface area (Å²) >= 11 is 0. The highest BCUT2D eigenvalue weighted by Gasteiger charge is 2.34. The molecule has 1 nitrogen and oxygen atoms in total. The van der Waals surface area contributed by atoms with Gasteiger partial charge in [-0.05, 0) is 73.2 Å². The third-order valence-corrected chi connectivity index (χ3v) is 5.89. The minimum Gasteiger partial charge on any atom is -0.334 e. The predicted molar refractivity (Wildman–Crippen MR) is 118 cm³/mol. The Hall–Kier alpha value is -2.49. The van der Waals surface area contributed by atoms with Crippen LogP contribution in [-0.2, 0) is 6.18 Å². The van der Waals surface area contributed by atoms with Crippen LogP contribution in [0, 0.1) is 0 Å². The van der Waals surface area contributed by atoms with Gasteiger partial charge in [0.25, 0.3) is 0 Å². The van der Waals surface area contributed by atoms with Gasteiger partial charge >= 0.3 is 6.18 Å². The van der Waals surface area contributed by atoms with Gasteiger partial charge in [0, 0.05) is 11.4 Å². The molecule has 0 N–H and O–H groups in total. The molecule has 1 aliphatic rings. The van der Waals surface area contributed by atoms with E-state index in [1.165, 1.54) is 28.9 Å². The Balaban J connectivity index is 2.18. The zero-order valence-electron chi connectivity index (χ0n) is 18.2. The maximum atomic E-state index is 13.1. The van der Waals surface area contributed by atoms with E-state index in [4.69, 9.17) is 0 Å². The molecule has 0 radical (unpaired) electrons. The van der Waals surface area contributed by atoms with Crippen LogP contribution in [0.5, 0.6) is 0 Å². The molecule has 0 spiro atoms. The number of rotatable bonds is 6. The summed E-state index contributed by atoms with van der Waals surface area (Å²) in [6, 6.07) is 15.8. The van der Waals surface area contributed by atoms with Crippen molar-refractivity contribution in [2.45, 2.75) is 65.6 Å². The Labute approximate surface area is 177 Å². The number of alkyl halides is 3. The lowest BCUT2D eigenvalue weighted by molar-refractivity contribution is -0.137. The lowest BCUT2D eigenvalue weighted by Gasteiger charge is -2.42. The molecule has 0 aliphatic carbocycles. The number of benzene rings is 2. The van der Waals surface area contributed by atoms with Crippen LogP contribution >= 0.6 is 0 Å². The largest absolute Gasteiger partial charge is 0.416 e. The summed E-state index contributed by atoms with van der Waals surface area (Å²) in [6.45, 7) is 8.66. The fraction of sp³-hybridized carbons (Fsp3) is 0.385. The van der Waals surface area contributed by atoms with Crippen molar-refractivity contribution in [3.63, 3.8) is 0 Å². The van der Waals surface area contributed by atoms with Crippen LogP contribution in [0.2, 0.25) is 0 Å². The summed E-state index contributed by atoms with van der Waals surface area (Å²) < 4.78 is 39.3. The van der Waals surface area contributed by atoms with Crippen molar-refractivity contribution < 1.29 is 13.2 Å². The van der Waals surface area contributed by atoms with Gasteiger partial charge in [-0.15, -0.1) is 0 Å². The van der Waals surface area contributed by atoms with Crippen LogP contribution in [-0.4, -0.2) is 0 Å². The maximum Gasteiger partial charge on any atom is 0.416 e. The number of hydrogen-bond acceptors (Lipinski definition) is 1. The van der Waals surface area contributed by atoms with Crippen LogP contribution in [0.15, 0.2) is 77.0 Å². The van der Waals surface area contributed by atoms with Gasteiger partial charge in [0.1, 0.15) is 0 Å². The summed E-state index contributed by atoms with van der Waals surface area (Å²) in [5, 5.41) is 0. The van der Waals surface area contributed by atoms with E-state index in [1.807, 2.05) is 18.2 Å². The Morgan fingerprint density at radius 1 is 0.800 bits per heavy atom. The molecule has 0 saturated heterocycles. The van der Waals surface area contributed by atoms with Crippen molar-refractivity contribution in [1.82, 2.24) is 0 Å². The van der Waals surface area contributed by atoms with Crippen LogP contribution in [0.4, 0.5) is 18.9 Å². The third-order valence-electron chi connectivity index (χ3n) is 5.89. The van der Waals surface area contributed by atoms with Crippen molar-refractivity contribution in [1.29, 1.82) is 0 Å². The van der Waals surface area contributed by atoms with Gasteiger partial charge < -0.3 is 4.90 Å². The maximum absolute atomic E-state index is 13.1.